The predicted octanol–water partition coefficient (Wildman–Crippen LogP) is 2.53. The van der Waals surface area contributed by atoms with Crippen LogP contribution in [0.4, 0.5) is 0 Å². The molecule has 0 N–H and O–H groups in total. The van der Waals surface area contributed by atoms with E-state index in [4.69, 9.17) is 0 Å². The summed E-state index contributed by atoms with van der Waals surface area (Å²) in [6.45, 7) is 1.68. The van der Waals surface area contributed by atoms with Crippen molar-refractivity contribution in [3.8, 4) is 0 Å². The van der Waals surface area contributed by atoms with Crippen molar-refractivity contribution in [2.75, 3.05) is 5.75 Å². The summed E-state index contributed by atoms with van der Waals surface area (Å²) in [4.78, 5) is 0.444. The smallest absolute Gasteiger partial charge is 0.182 e. The van der Waals surface area contributed by atoms with Crippen LogP contribution in [-0.2, 0) is 20.5 Å². The van der Waals surface area contributed by atoms with E-state index in [9.17, 15) is 16.8 Å². The Morgan fingerprint density at radius 3 is 2.23 bits per heavy atom. The number of sulfone groups is 1. The molecule has 0 atom stereocenters. The quantitative estimate of drug-likeness (QED) is 0.852. The van der Waals surface area contributed by atoms with E-state index in [1.807, 2.05) is 0 Å². The van der Waals surface area contributed by atoms with Crippen molar-refractivity contribution in [2.45, 2.75) is 16.7 Å². The molecule has 0 fully saturated rings. The summed E-state index contributed by atoms with van der Waals surface area (Å²) in [5.41, 5.74) is 1.08. The molecule has 0 aliphatic carbocycles. The minimum Gasteiger partial charge on any atom is -0.227 e. The third-order valence-corrected chi connectivity index (χ3v) is 5.68. The predicted molar refractivity (Wildman–Crippen MR) is 87.2 cm³/mol. The van der Waals surface area contributed by atoms with Gasteiger partial charge in [0.15, 0.2) is 20.5 Å². The number of hydrogen-bond acceptors (Lipinski definition) is 4. The molecule has 22 heavy (non-hydrogen) atoms. The van der Waals surface area contributed by atoms with Crippen molar-refractivity contribution < 1.29 is 16.8 Å². The summed E-state index contributed by atoms with van der Waals surface area (Å²) < 4.78 is 47.0. The van der Waals surface area contributed by atoms with Gasteiger partial charge in [0, 0.05) is 0 Å². The maximum Gasteiger partial charge on any atom is 0.182 e. The maximum atomic E-state index is 12.3. The molecule has 0 saturated heterocycles. The minimum absolute atomic E-state index is 0.152. The fourth-order valence-electron chi connectivity index (χ4n) is 2.09. The average molecular weight is 336 g/mol. The van der Waals surface area contributed by atoms with Crippen LogP contribution < -0.4 is 0 Å². The van der Waals surface area contributed by atoms with E-state index in [1.54, 1.807) is 61.5 Å². The van der Waals surface area contributed by atoms with Gasteiger partial charge in [-0.3, -0.25) is 0 Å². The molecule has 0 heterocycles. The van der Waals surface area contributed by atoms with E-state index in [0.717, 1.165) is 0 Å². The van der Waals surface area contributed by atoms with E-state index in [-0.39, 0.29) is 15.5 Å². The minimum atomic E-state index is -3.43. The summed E-state index contributed by atoms with van der Waals surface area (Å²) in [7, 11) is -6.15. The van der Waals surface area contributed by atoms with Crippen LogP contribution in [0.5, 0.6) is 0 Å². The van der Waals surface area contributed by atoms with Crippen LogP contribution in [0.15, 0.2) is 70.0 Å². The molecular weight excluding hydrogens is 320 g/mol. The van der Waals surface area contributed by atoms with Gasteiger partial charge < -0.3 is 0 Å². The second-order valence-corrected chi connectivity index (χ2v) is 7.86. The number of thiol groups is 1. The largest absolute Gasteiger partial charge is 0.227 e. The van der Waals surface area contributed by atoms with Gasteiger partial charge in [-0.05, 0) is 30.7 Å². The monoisotopic (exact) mass is 336 g/mol. The molecule has 2 aromatic carbocycles. The Hall–Kier alpha value is -1.92. The molecule has 0 bridgehead atoms. The molecular formula is C16H16O4S2. The Morgan fingerprint density at radius 1 is 1.00 bits per heavy atom. The normalized spacial score (nSPS) is 12.5. The van der Waals surface area contributed by atoms with Crippen molar-refractivity contribution in [1.82, 2.24) is 0 Å². The van der Waals surface area contributed by atoms with E-state index in [0.29, 0.717) is 11.1 Å². The van der Waals surface area contributed by atoms with Crippen molar-refractivity contribution >= 4 is 26.6 Å². The Morgan fingerprint density at radius 2 is 1.59 bits per heavy atom. The zero-order valence-electron chi connectivity index (χ0n) is 12.0. The van der Waals surface area contributed by atoms with Crippen LogP contribution in [0.2, 0.25) is 0 Å². The molecule has 0 radical (unpaired) electrons. The first-order valence-corrected chi connectivity index (χ1v) is 9.41. The van der Waals surface area contributed by atoms with Gasteiger partial charge in [-0.25, -0.2) is 16.8 Å². The fourth-order valence-corrected chi connectivity index (χ4v) is 4.07. The lowest BCUT2D eigenvalue weighted by Gasteiger charge is -2.06. The summed E-state index contributed by atoms with van der Waals surface area (Å²) in [5, 5.41) is 0. The summed E-state index contributed by atoms with van der Waals surface area (Å²) in [5.74, 6) is -0.152. The molecule has 4 nitrogen and oxygen atoms in total. The molecule has 0 aliphatic rings. The summed E-state index contributed by atoms with van der Waals surface area (Å²) >= 11 is 0. The first-order chi connectivity index (χ1) is 10.4. The molecule has 0 saturated carbocycles. The highest BCUT2D eigenvalue weighted by Gasteiger charge is 2.14. The molecule has 2 aromatic rings. The van der Waals surface area contributed by atoms with Crippen LogP contribution in [0, 0.1) is 0 Å². The Labute approximate surface area is 132 Å². The van der Waals surface area contributed by atoms with Gasteiger partial charge in [0.2, 0.25) is 0 Å². The van der Waals surface area contributed by atoms with Gasteiger partial charge in [-0.1, -0.05) is 48.0 Å². The van der Waals surface area contributed by atoms with Crippen molar-refractivity contribution in [3.05, 3.63) is 65.7 Å². The van der Waals surface area contributed by atoms with E-state index in [1.165, 1.54) is 6.07 Å². The molecule has 0 aromatic heterocycles. The third kappa shape index (κ3) is 4.05. The first-order valence-electron chi connectivity index (χ1n) is 6.58. The highest BCUT2D eigenvalue weighted by Crippen LogP contribution is 2.18. The Bertz CT molecular complexity index is 856. The van der Waals surface area contributed by atoms with E-state index >= 15 is 0 Å². The Kier molecular flexibility index (Phi) is 5.15. The lowest BCUT2D eigenvalue weighted by molar-refractivity contribution is 0.598. The lowest BCUT2D eigenvalue weighted by atomic mass is 10.1. The number of rotatable bonds is 5. The van der Waals surface area contributed by atoms with Gasteiger partial charge in [0.05, 0.1) is 15.5 Å². The van der Waals surface area contributed by atoms with Crippen LogP contribution in [-0.4, -0.2) is 22.6 Å². The second-order valence-electron chi connectivity index (χ2n) is 4.88. The number of benzene rings is 2. The zero-order chi connectivity index (χ0) is 16.2. The standard InChI is InChI=1S/C16H16O4S2/c1-13(11-14-7-5-6-10-16(14)21(17)18)12-22(19,20)15-8-3-2-4-9-15/h2-11,21H,12H2,1H3. The Balaban J connectivity index is 2.32. The third-order valence-electron chi connectivity index (χ3n) is 3.06. The van der Waals surface area contributed by atoms with Gasteiger partial charge in [-0.15, -0.1) is 0 Å². The van der Waals surface area contributed by atoms with Crippen LogP contribution in [0.3, 0.4) is 0 Å². The average Bonchev–Trinajstić information content (AvgIpc) is 2.48. The molecule has 0 amide bonds. The second kappa shape index (κ2) is 6.89. The van der Waals surface area contributed by atoms with Crippen molar-refractivity contribution in [3.63, 3.8) is 0 Å². The summed E-state index contributed by atoms with van der Waals surface area (Å²) in [6, 6.07) is 14.7. The van der Waals surface area contributed by atoms with Crippen LogP contribution in [0.1, 0.15) is 12.5 Å². The van der Waals surface area contributed by atoms with Gasteiger partial charge in [0.1, 0.15) is 0 Å². The molecule has 0 spiro atoms. The topological polar surface area (TPSA) is 68.3 Å². The van der Waals surface area contributed by atoms with Crippen molar-refractivity contribution in [2.24, 2.45) is 0 Å². The fraction of sp³-hybridized carbons (Fsp3) is 0.125. The molecule has 0 aliphatic heterocycles. The lowest BCUT2D eigenvalue weighted by Crippen LogP contribution is -2.07. The highest BCUT2D eigenvalue weighted by molar-refractivity contribution is 7.91. The highest BCUT2D eigenvalue weighted by atomic mass is 32.2. The van der Waals surface area contributed by atoms with E-state index in [2.05, 4.69) is 0 Å². The maximum absolute atomic E-state index is 12.3. The van der Waals surface area contributed by atoms with Crippen LogP contribution >= 0.6 is 0 Å². The summed E-state index contributed by atoms with van der Waals surface area (Å²) in [6.07, 6.45) is 1.60. The van der Waals surface area contributed by atoms with Gasteiger partial charge >= 0.3 is 0 Å². The molecule has 6 heteroatoms. The van der Waals surface area contributed by atoms with Gasteiger partial charge in [0.25, 0.3) is 0 Å². The first kappa shape index (κ1) is 16.5. The SMILES string of the molecule is CC(=Cc1ccccc1[SH](=O)=O)CS(=O)(=O)c1ccccc1. The van der Waals surface area contributed by atoms with Crippen LogP contribution in [0.25, 0.3) is 6.08 Å². The zero-order valence-corrected chi connectivity index (χ0v) is 13.7. The van der Waals surface area contributed by atoms with Gasteiger partial charge in [-0.2, -0.15) is 0 Å². The number of hydrogen-bond donors (Lipinski definition) is 1. The van der Waals surface area contributed by atoms with Crippen molar-refractivity contribution in [1.29, 1.82) is 0 Å². The molecule has 0 unspecified atom stereocenters. The molecule has 2 rings (SSSR count). The van der Waals surface area contributed by atoms with E-state index < -0.39 is 20.5 Å². The molecule has 116 valence electrons.